The second-order valence-corrected chi connectivity index (χ2v) is 4.33. The van der Waals surface area contributed by atoms with Gasteiger partial charge in [0, 0.05) is 13.6 Å². The second kappa shape index (κ2) is 4.63. The third-order valence-electron chi connectivity index (χ3n) is 3.18. The van der Waals surface area contributed by atoms with Gasteiger partial charge < -0.3 is 10.6 Å². The van der Waals surface area contributed by atoms with Crippen molar-refractivity contribution in [2.24, 2.45) is 12.8 Å². The molecule has 1 saturated heterocycles. The molecule has 98 valence electrons. The molecule has 18 heavy (non-hydrogen) atoms. The molecule has 0 aromatic carbocycles. The molecule has 3 N–H and O–H groups in total. The van der Waals surface area contributed by atoms with Gasteiger partial charge in [0.1, 0.15) is 11.9 Å². The molecule has 1 aliphatic heterocycles. The highest BCUT2D eigenvalue weighted by atomic mass is 16.2. The number of nitrogens with zero attached hydrogens (tertiary/aromatic N) is 3. The van der Waals surface area contributed by atoms with E-state index in [4.69, 9.17) is 5.73 Å². The van der Waals surface area contributed by atoms with Gasteiger partial charge >= 0.3 is 5.69 Å². The molecule has 0 aliphatic carbocycles. The number of H-pyrrole nitrogens is 1. The van der Waals surface area contributed by atoms with Crippen molar-refractivity contribution in [2.75, 3.05) is 6.54 Å². The molecule has 2 heterocycles. The fraction of sp³-hybridized carbons (Fsp3) is 0.600. The number of aromatic nitrogens is 3. The first-order chi connectivity index (χ1) is 8.50. The number of carbonyl (C=O) groups is 2. The number of rotatable bonds is 3. The highest BCUT2D eigenvalue weighted by Gasteiger charge is 2.32. The predicted molar refractivity (Wildman–Crippen MR) is 61.5 cm³/mol. The summed E-state index contributed by atoms with van der Waals surface area (Å²) in [7, 11) is 1.53. The van der Waals surface area contributed by atoms with Crippen LogP contribution in [0.5, 0.6) is 0 Å². The summed E-state index contributed by atoms with van der Waals surface area (Å²) in [5, 5.41) is 6.02. The first-order valence-corrected chi connectivity index (χ1v) is 5.69. The zero-order chi connectivity index (χ0) is 13.3. The lowest BCUT2D eigenvalue weighted by atomic mass is 10.2. The van der Waals surface area contributed by atoms with Gasteiger partial charge in [0.05, 0.1) is 6.42 Å². The lowest BCUT2D eigenvalue weighted by Gasteiger charge is -2.21. The standard InChI is InChI=1S/C10H15N5O3/c1-14-7(12-13-10(14)18)5-8(16)15-4-2-3-6(15)9(11)17/h6H,2-5H2,1H3,(H2,11,17)(H,13,18). The topological polar surface area (TPSA) is 114 Å². The van der Waals surface area contributed by atoms with E-state index in [0.29, 0.717) is 18.8 Å². The Morgan fingerprint density at radius 3 is 2.83 bits per heavy atom. The Kier molecular flexibility index (Phi) is 3.17. The van der Waals surface area contributed by atoms with Crippen LogP contribution in [0, 0.1) is 0 Å². The van der Waals surface area contributed by atoms with Crippen LogP contribution in [-0.2, 0) is 23.1 Å². The third-order valence-corrected chi connectivity index (χ3v) is 3.18. The molecule has 1 atom stereocenters. The number of hydrogen-bond donors (Lipinski definition) is 2. The second-order valence-electron chi connectivity index (χ2n) is 4.33. The molecule has 8 nitrogen and oxygen atoms in total. The molecule has 2 rings (SSSR count). The molecule has 2 amide bonds. The SMILES string of the molecule is Cn1c(CC(=O)N2CCCC2C(N)=O)n[nH]c1=O. The zero-order valence-corrected chi connectivity index (χ0v) is 10.0. The van der Waals surface area contributed by atoms with E-state index in [2.05, 4.69) is 10.2 Å². The largest absolute Gasteiger partial charge is 0.368 e. The van der Waals surface area contributed by atoms with Crippen molar-refractivity contribution in [2.45, 2.75) is 25.3 Å². The summed E-state index contributed by atoms with van der Waals surface area (Å²) in [5.41, 5.74) is 4.87. The Morgan fingerprint density at radius 2 is 2.28 bits per heavy atom. The summed E-state index contributed by atoms with van der Waals surface area (Å²) in [6, 6.07) is -0.534. The van der Waals surface area contributed by atoms with Crippen molar-refractivity contribution in [1.82, 2.24) is 19.7 Å². The summed E-state index contributed by atoms with van der Waals surface area (Å²) < 4.78 is 1.27. The Bertz CT molecular complexity index is 532. The van der Waals surface area contributed by atoms with Gasteiger partial charge in [-0.15, -0.1) is 0 Å². The van der Waals surface area contributed by atoms with Crippen LogP contribution in [-0.4, -0.2) is 44.1 Å². The van der Waals surface area contributed by atoms with Crippen molar-refractivity contribution in [3.05, 3.63) is 16.3 Å². The summed E-state index contributed by atoms with van der Waals surface area (Å²) in [5.74, 6) is -0.379. The van der Waals surface area contributed by atoms with Gasteiger partial charge in [-0.3, -0.25) is 14.2 Å². The first-order valence-electron chi connectivity index (χ1n) is 5.69. The van der Waals surface area contributed by atoms with Crippen LogP contribution in [0.2, 0.25) is 0 Å². The summed E-state index contributed by atoms with van der Waals surface area (Å²) in [6.45, 7) is 0.519. The van der Waals surface area contributed by atoms with Crippen LogP contribution in [0.3, 0.4) is 0 Å². The Morgan fingerprint density at radius 1 is 1.56 bits per heavy atom. The molecular formula is C10H15N5O3. The van der Waals surface area contributed by atoms with E-state index in [0.717, 1.165) is 6.42 Å². The van der Waals surface area contributed by atoms with E-state index in [1.807, 2.05) is 0 Å². The molecule has 1 aromatic heterocycles. The van der Waals surface area contributed by atoms with Gasteiger partial charge in [0.2, 0.25) is 11.8 Å². The number of primary amides is 1. The monoisotopic (exact) mass is 253 g/mol. The van der Waals surface area contributed by atoms with Gasteiger partial charge in [-0.25, -0.2) is 9.89 Å². The summed E-state index contributed by atoms with van der Waals surface area (Å²) in [6.07, 6.45) is 1.35. The third kappa shape index (κ3) is 2.13. The number of hydrogen-bond acceptors (Lipinski definition) is 4. The fourth-order valence-corrected chi connectivity index (χ4v) is 2.14. The van der Waals surface area contributed by atoms with Crippen LogP contribution < -0.4 is 11.4 Å². The van der Waals surface area contributed by atoms with E-state index in [1.165, 1.54) is 16.5 Å². The molecule has 1 unspecified atom stereocenters. The fourth-order valence-electron chi connectivity index (χ4n) is 2.14. The zero-order valence-electron chi connectivity index (χ0n) is 10.0. The number of aromatic amines is 1. The normalized spacial score (nSPS) is 19.2. The lowest BCUT2D eigenvalue weighted by molar-refractivity contribution is -0.136. The predicted octanol–water partition coefficient (Wildman–Crippen LogP) is -1.87. The summed E-state index contributed by atoms with van der Waals surface area (Å²) in [4.78, 5) is 35.9. The van der Waals surface area contributed by atoms with Crippen LogP contribution in [0.15, 0.2) is 4.79 Å². The van der Waals surface area contributed by atoms with E-state index in [9.17, 15) is 14.4 Å². The number of nitrogens with one attached hydrogen (secondary N) is 1. The Hall–Kier alpha value is -2.12. The minimum atomic E-state index is -0.534. The Balaban J connectivity index is 2.10. The maximum atomic E-state index is 12.0. The molecule has 8 heteroatoms. The maximum absolute atomic E-state index is 12.0. The smallest absolute Gasteiger partial charge is 0.343 e. The van der Waals surface area contributed by atoms with Gasteiger partial charge in [-0.2, -0.15) is 5.10 Å². The van der Waals surface area contributed by atoms with E-state index < -0.39 is 11.9 Å². The molecule has 0 saturated carbocycles. The van der Waals surface area contributed by atoms with Crippen LogP contribution >= 0.6 is 0 Å². The van der Waals surface area contributed by atoms with Gasteiger partial charge in [0.25, 0.3) is 0 Å². The van der Waals surface area contributed by atoms with Crippen LogP contribution in [0.1, 0.15) is 18.7 Å². The highest BCUT2D eigenvalue weighted by molar-refractivity contribution is 5.87. The minimum Gasteiger partial charge on any atom is -0.368 e. The average molecular weight is 253 g/mol. The van der Waals surface area contributed by atoms with Crippen molar-refractivity contribution < 1.29 is 9.59 Å². The number of carbonyl (C=O) groups excluding carboxylic acids is 2. The van der Waals surface area contributed by atoms with Crippen molar-refractivity contribution >= 4 is 11.8 Å². The number of nitrogens with two attached hydrogens (primary N) is 1. The van der Waals surface area contributed by atoms with Crippen LogP contribution in [0.25, 0.3) is 0 Å². The van der Waals surface area contributed by atoms with Gasteiger partial charge in [-0.1, -0.05) is 0 Å². The van der Waals surface area contributed by atoms with Gasteiger partial charge in [-0.05, 0) is 12.8 Å². The van der Waals surface area contributed by atoms with E-state index >= 15 is 0 Å². The minimum absolute atomic E-state index is 0.0149. The number of amides is 2. The number of likely N-dealkylation sites (tertiary alicyclic amines) is 1. The first kappa shape index (κ1) is 12.3. The molecular weight excluding hydrogens is 238 g/mol. The summed E-state index contributed by atoms with van der Waals surface area (Å²) >= 11 is 0. The van der Waals surface area contributed by atoms with E-state index in [-0.39, 0.29) is 18.0 Å². The van der Waals surface area contributed by atoms with Crippen molar-refractivity contribution in [3.63, 3.8) is 0 Å². The Labute approximate surface area is 103 Å². The quantitative estimate of drug-likeness (QED) is 0.656. The molecule has 1 aliphatic rings. The molecule has 1 aromatic rings. The molecule has 0 bridgehead atoms. The molecule has 0 spiro atoms. The van der Waals surface area contributed by atoms with E-state index in [1.54, 1.807) is 0 Å². The molecule has 0 radical (unpaired) electrons. The van der Waals surface area contributed by atoms with Gasteiger partial charge in [0.15, 0.2) is 0 Å². The maximum Gasteiger partial charge on any atom is 0.343 e. The lowest BCUT2D eigenvalue weighted by Crippen LogP contribution is -2.44. The van der Waals surface area contributed by atoms with Crippen LogP contribution in [0.4, 0.5) is 0 Å². The average Bonchev–Trinajstić information content (AvgIpc) is 2.91. The van der Waals surface area contributed by atoms with Crippen molar-refractivity contribution in [3.8, 4) is 0 Å². The van der Waals surface area contributed by atoms with Crippen molar-refractivity contribution in [1.29, 1.82) is 0 Å². The molecule has 1 fully saturated rings. The highest BCUT2D eigenvalue weighted by Crippen LogP contribution is 2.17.